The molecule has 0 radical (unpaired) electrons. The predicted octanol–water partition coefficient (Wildman–Crippen LogP) is 0.186. The lowest BCUT2D eigenvalue weighted by Gasteiger charge is -2.22. The minimum atomic E-state index is 0.509. The molecular formula is C9H14N4. The van der Waals surface area contributed by atoms with Gasteiger partial charge in [-0.15, -0.1) is 0 Å². The minimum Gasteiger partial charge on any atom is -0.352 e. The molecule has 4 nitrogen and oxygen atoms in total. The van der Waals surface area contributed by atoms with Crippen LogP contribution < -0.4 is 10.6 Å². The van der Waals surface area contributed by atoms with Crippen LogP contribution >= 0.6 is 0 Å². The van der Waals surface area contributed by atoms with Gasteiger partial charge in [0.2, 0.25) is 0 Å². The first-order valence-electron chi connectivity index (χ1n) is 4.58. The Bertz CT molecular complexity index is 299. The van der Waals surface area contributed by atoms with Crippen LogP contribution in [-0.4, -0.2) is 29.1 Å². The van der Waals surface area contributed by atoms with E-state index in [0.29, 0.717) is 12.6 Å². The number of anilines is 1. The summed E-state index contributed by atoms with van der Waals surface area (Å²) in [4.78, 5) is 10.5. The molecular weight excluding hydrogens is 164 g/mol. The minimum absolute atomic E-state index is 0.509. The van der Waals surface area contributed by atoms with Gasteiger partial charge in [-0.25, -0.2) is 9.97 Å². The Balaban J connectivity index is 2.29. The monoisotopic (exact) mass is 178 g/mol. The van der Waals surface area contributed by atoms with Gasteiger partial charge in [-0.1, -0.05) is 0 Å². The molecule has 2 rings (SSSR count). The first-order valence-corrected chi connectivity index (χ1v) is 4.58. The van der Waals surface area contributed by atoms with Gasteiger partial charge in [0, 0.05) is 30.9 Å². The van der Waals surface area contributed by atoms with Gasteiger partial charge in [-0.05, 0) is 13.3 Å². The van der Waals surface area contributed by atoms with Gasteiger partial charge in [0.15, 0.2) is 0 Å². The molecule has 0 spiro atoms. The van der Waals surface area contributed by atoms with Crippen molar-refractivity contribution < 1.29 is 0 Å². The number of hydrogen-bond donors (Lipinski definition) is 1. The van der Waals surface area contributed by atoms with E-state index in [0.717, 1.165) is 18.8 Å². The predicted molar refractivity (Wildman–Crippen MR) is 51.6 cm³/mol. The van der Waals surface area contributed by atoms with Crippen molar-refractivity contribution in [3.05, 3.63) is 18.1 Å². The third-order valence-electron chi connectivity index (χ3n) is 2.45. The number of nitrogens with zero attached hydrogens (tertiary/aromatic N) is 3. The summed E-state index contributed by atoms with van der Waals surface area (Å²) in [6.45, 7) is 3.75. The Labute approximate surface area is 77.8 Å². The highest BCUT2D eigenvalue weighted by atomic mass is 15.2. The Morgan fingerprint density at radius 3 is 3.31 bits per heavy atom. The second kappa shape index (κ2) is 3.30. The van der Waals surface area contributed by atoms with E-state index in [2.05, 4.69) is 21.8 Å². The van der Waals surface area contributed by atoms with E-state index in [1.165, 1.54) is 5.56 Å². The first kappa shape index (κ1) is 8.44. The van der Waals surface area contributed by atoms with Crippen molar-refractivity contribution in [2.24, 2.45) is 5.73 Å². The van der Waals surface area contributed by atoms with Crippen molar-refractivity contribution in [2.75, 3.05) is 18.0 Å². The highest BCUT2D eigenvalue weighted by Gasteiger charge is 2.26. The van der Waals surface area contributed by atoms with Gasteiger partial charge in [0.25, 0.3) is 0 Å². The Hall–Kier alpha value is -1.16. The van der Waals surface area contributed by atoms with Gasteiger partial charge >= 0.3 is 0 Å². The summed E-state index contributed by atoms with van der Waals surface area (Å²) < 4.78 is 0. The van der Waals surface area contributed by atoms with Crippen molar-refractivity contribution in [1.29, 1.82) is 0 Å². The lowest BCUT2D eigenvalue weighted by Crippen LogP contribution is -2.34. The second-order valence-corrected chi connectivity index (χ2v) is 3.41. The third kappa shape index (κ3) is 1.37. The van der Waals surface area contributed by atoms with E-state index >= 15 is 0 Å². The van der Waals surface area contributed by atoms with E-state index < -0.39 is 0 Å². The van der Waals surface area contributed by atoms with E-state index in [-0.39, 0.29) is 0 Å². The zero-order valence-corrected chi connectivity index (χ0v) is 7.77. The maximum atomic E-state index is 5.54. The number of aromatic nitrogens is 2. The molecule has 13 heavy (non-hydrogen) atoms. The maximum Gasteiger partial charge on any atom is 0.135 e. The van der Waals surface area contributed by atoms with Crippen molar-refractivity contribution in [3.63, 3.8) is 0 Å². The van der Waals surface area contributed by atoms with Crippen LogP contribution in [0, 0.1) is 0 Å². The normalized spacial score (nSPS) is 20.5. The fourth-order valence-corrected chi connectivity index (χ4v) is 1.86. The van der Waals surface area contributed by atoms with Crippen LogP contribution in [0.3, 0.4) is 0 Å². The van der Waals surface area contributed by atoms with Gasteiger partial charge in [-0.2, -0.15) is 0 Å². The summed E-state index contributed by atoms with van der Waals surface area (Å²) in [5.74, 6) is 1.06. The topological polar surface area (TPSA) is 55.0 Å². The molecule has 1 aromatic rings. The Morgan fingerprint density at radius 1 is 1.69 bits per heavy atom. The molecule has 0 fully saturated rings. The molecule has 0 saturated carbocycles. The van der Waals surface area contributed by atoms with Crippen LogP contribution in [0.4, 0.5) is 5.82 Å². The average molecular weight is 178 g/mol. The Kier molecular flexibility index (Phi) is 2.14. The molecule has 0 bridgehead atoms. The number of hydrogen-bond acceptors (Lipinski definition) is 4. The van der Waals surface area contributed by atoms with Gasteiger partial charge in [0.1, 0.15) is 12.1 Å². The van der Waals surface area contributed by atoms with Crippen LogP contribution in [0.15, 0.2) is 12.5 Å². The molecule has 4 heteroatoms. The van der Waals surface area contributed by atoms with Crippen molar-refractivity contribution >= 4 is 5.82 Å². The zero-order chi connectivity index (χ0) is 9.26. The quantitative estimate of drug-likeness (QED) is 0.702. The lowest BCUT2D eigenvalue weighted by molar-refractivity contribution is 0.670. The molecule has 1 atom stereocenters. The van der Waals surface area contributed by atoms with Crippen LogP contribution in [-0.2, 0) is 6.42 Å². The smallest absolute Gasteiger partial charge is 0.135 e. The third-order valence-corrected chi connectivity index (χ3v) is 2.45. The highest BCUT2D eigenvalue weighted by molar-refractivity contribution is 5.52. The van der Waals surface area contributed by atoms with Crippen LogP contribution in [0.25, 0.3) is 0 Å². The summed E-state index contributed by atoms with van der Waals surface area (Å²) in [6, 6.07) is 0.509. The summed E-state index contributed by atoms with van der Waals surface area (Å²) in [5.41, 5.74) is 6.78. The number of fused-ring (bicyclic) bond motifs is 1. The van der Waals surface area contributed by atoms with Gasteiger partial charge < -0.3 is 10.6 Å². The molecule has 2 N–H and O–H groups in total. The SMILES string of the molecule is CC1Cc2cncnc2N1CCN. The van der Waals surface area contributed by atoms with Gasteiger partial charge in [-0.3, -0.25) is 0 Å². The van der Waals surface area contributed by atoms with E-state index in [1.807, 2.05) is 6.20 Å². The van der Waals surface area contributed by atoms with E-state index in [4.69, 9.17) is 5.73 Å². The molecule has 1 aliphatic heterocycles. The van der Waals surface area contributed by atoms with Crippen LogP contribution in [0.5, 0.6) is 0 Å². The molecule has 0 aromatic carbocycles. The fourth-order valence-electron chi connectivity index (χ4n) is 1.86. The molecule has 0 saturated heterocycles. The van der Waals surface area contributed by atoms with Crippen LogP contribution in [0.2, 0.25) is 0 Å². The fraction of sp³-hybridized carbons (Fsp3) is 0.556. The van der Waals surface area contributed by atoms with Crippen molar-refractivity contribution in [2.45, 2.75) is 19.4 Å². The second-order valence-electron chi connectivity index (χ2n) is 3.41. The maximum absolute atomic E-state index is 5.54. The zero-order valence-electron chi connectivity index (χ0n) is 7.77. The van der Waals surface area contributed by atoms with Crippen LogP contribution in [0.1, 0.15) is 12.5 Å². The van der Waals surface area contributed by atoms with Crippen molar-refractivity contribution in [1.82, 2.24) is 9.97 Å². The van der Waals surface area contributed by atoms with E-state index in [1.54, 1.807) is 6.33 Å². The van der Waals surface area contributed by atoms with Crippen molar-refractivity contribution in [3.8, 4) is 0 Å². The molecule has 2 heterocycles. The molecule has 1 unspecified atom stereocenters. The van der Waals surface area contributed by atoms with Gasteiger partial charge in [0.05, 0.1) is 0 Å². The lowest BCUT2D eigenvalue weighted by atomic mass is 10.2. The molecule has 0 aliphatic carbocycles. The summed E-state index contributed by atoms with van der Waals surface area (Å²) >= 11 is 0. The summed E-state index contributed by atoms with van der Waals surface area (Å²) in [5, 5.41) is 0. The molecule has 1 aliphatic rings. The molecule has 1 aromatic heterocycles. The standard InChI is InChI=1S/C9H14N4/c1-7-4-8-5-11-6-12-9(8)13(7)3-2-10/h5-7H,2-4,10H2,1H3. The summed E-state index contributed by atoms with van der Waals surface area (Å²) in [6.07, 6.45) is 4.53. The highest BCUT2D eigenvalue weighted by Crippen LogP contribution is 2.27. The number of nitrogens with two attached hydrogens (primary N) is 1. The molecule has 70 valence electrons. The first-order chi connectivity index (χ1) is 6.33. The molecule has 0 amide bonds. The Morgan fingerprint density at radius 2 is 2.54 bits per heavy atom. The average Bonchev–Trinajstić information content (AvgIpc) is 2.44. The van der Waals surface area contributed by atoms with E-state index in [9.17, 15) is 0 Å². The number of rotatable bonds is 2. The largest absolute Gasteiger partial charge is 0.352 e. The summed E-state index contributed by atoms with van der Waals surface area (Å²) in [7, 11) is 0.